The molecule has 0 aromatic rings. The smallest absolute Gasteiger partial charge is 0.00746 e. The third kappa shape index (κ3) is 9.96. The van der Waals surface area contributed by atoms with Gasteiger partial charge in [0.05, 0.1) is 0 Å². The van der Waals surface area contributed by atoms with Crippen LogP contribution in [0, 0.1) is 5.92 Å². The zero-order valence-electron chi connectivity index (χ0n) is 9.40. The molecule has 0 saturated carbocycles. The van der Waals surface area contributed by atoms with E-state index in [0.717, 1.165) is 12.5 Å². The highest BCUT2D eigenvalue weighted by atomic mass is 14.5. The summed E-state index contributed by atoms with van der Waals surface area (Å²) in [6.45, 7) is 9.36. The van der Waals surface area contributed by atoms with Gasteiger partial charge >= 0.3 is 0 Å². The van der Waals surface area contributed by atoms with Crippen molar-refractivity contribution < 1.29 is 0 Å². The van der Waals surface area contributed by atoms with Crippen LogP contribution in [0.15, 0.2) is 0 Å². The van der Waals surface area contributed by atoms with Crippen molar-refractivity contribution in [1.29, 1.82) is 0 Å². The van der Waals surface area contributed by atoms with E-state index in [9.17, 15) is 0 Å². The van der Waals surface area contributed by atoms with Crippen molar-refractivity contribution in [3.05, 3.63) is 0 Å². The molecule has 0 unspecified atom stereocenters. The number of hydrogen-bond donors (Lipinski definition) is 1. The maximum atomic E-state index is 5.49. The van der Waals surface area contributed by atoms with Crippen LogP contribution >= 0.6 is 0 Å². The van der Waals surface area contributed by atoms with Crippen molar-refractivity contribution in [3.63, 3.8) is 0 Å². The van der Waals surface area contributed by atoms with Gasteiger partial charge in [0.15, 0.2) is 0 Å². The minimum atomic E-state index is 0.866. The molecule has 1 nitrogen and oxygen atoms in total. The van der Waals surface area contributed by atoms with E-state index in [1.54, 1.807) is 0 Å². The van der Waals surface area contributed by atoms with E-state index in [4.69, 9.17) is 5.73 Å². The molecule has 0 aliphatic heterocycles. The van der Waals surface area contributed by atoms with Crippen LogP contribution in [-0.4, -0.2) is 6.54 Å². The standard InChI is InChI=1S/C9H21N.C2H6/c1-3-5-9(6-4-2)7-8-10;1-2/h9H,3-8,10H2,1-2H3;1-2H3. The van der Waals surface area contributed by atoms with Crippen LogP contribution < -0.4 is 5.73 Å². The van der Waals surface area contributed by atoms with Crippen molar-refractivity contribution in [2.45, 2.75) is 59.8 Å². The lowest BCUT2D eigenvalue weighted by Crippen LogP contribution is -2.08. The van der Waals surface area contributed by atoms with Crippen LogP contribution in [0.3, 0.4) is 0 Å². The lowest BCUT2D eigenvalue weighted by Gasteiger charge is -2.12. The molecule has 0 radical (unpaired) electrons. The van der Waals surface area contributed by atoms with Crippen LogP contribution in [-0.2, 0) is 0 Å². The molecule has 12 heavy (non-hydrogen) atoms. The molecule has 0 bridgehead atoms. The summed E-state index contributed by atoms with van der Waals surface area (Å²) in [5, 5.41) is 0. The number of nitrogens with two attached hydrogens (primary N) is 1. The first-order valence-electron chi connectivity index (χ1n) is 5.55. The number of hydrogen-bond acceptors (Lipinski definition) is 1. The van der Waals surface area contributed by atoms with E-state index in [1.807, 2.05) is 13.8 Å². The zero-order chi connectivity index (χ0) is 9.82. The van der Waals surface area contributed by atoms with Gasteiger partial charge < -0.3 is 5.73 Å². The Bertz CT molecular complexity index is 47.8. The van der Waals surface area contributed by atoms with Gasteiger partial charge in [0.1, 0.15) is 0 Å². The van der Waals surface area contributed by atoms with E-state index in [1.165, 1.54) is 32.1 Å². The van der Waals surface area contributed by atoms with Gasteiger partial charge in [-0.15, -0.1) is 0 Å². The third-order valence-electron chi connectivity index (χ3n) is 1.97. The minimum Gasteiger partial charge on any atom is -0.330 e. The van der Waals surface area contributed by atoms with Crippen LogP contribution in [0.2, 0.25) is 0 Å². The van der Waals surface area contributed by atoms with Crippen molar-refractivity contribution in [1.82, 2.24) is 0 Å². The molecule has 0 heterocycles. The van der Waals surface area contributed by atoms with Gasteiger partial charge in [0.25, 0.3) is 0 Å². The Balaban J connectivity index is 0. The summed E-state index contributed by atoms with van der Waals surface area (Å²) < 4.78 is 0. The summed E-state index contributed by atoms with van der Waals surface area (Å²) in [6.07, 6.45) is 6.58. The van der Waals surface area contributed by atoms with Crippen LogP contribution in [0.1, 0.15) is 59.8 Å². The van der Waals surface area contributed by atoms with E-state index >= 15 is 0 Å². The fraction of sp³-hybridized carbons (Fsp3) is 1.00. The van der Waals surface area contributed by atoms with E-state index in [2.05, 4.69) is 13.8 Å². The highest BCUT2D eigenvalue weighted by molar-refractivity contribution is 4.58. The molecule has 0 amide bonds. The molecule has 76 valence electrons. The monoisotopic (exact) mass is 173 g/mol. The highest BCUT2D eigenvalue weighted by Crippen LogP contribution is 2.15. The topological polar surface area (TPSA) is 26.0 Å². The third-order valence-corrected chi connectivity index (χ3v) is 1.97. The molecule has 2 N–H and O–H groups in total. The van der Waals surface area contributed by atoms with Gasteiger partial charge in [0.2, 0.25) is 0 Å². The molecule has 1 heteroatoms. The largest absolute Gasteiger partial charge is 0.330 e. The molecular weight excluding hydrogens is 146 g/mol. The normalized spacial score (nSPS) is 9.50. The van der Waals surface area contributed by atoms with Gasteiger partial charge in [0, 0.05) is 0 Å². The van der Waals surface area contributed by atoms with Gasteiger partial charge in [-0.3, -0.25) is 0 Å². The van der Waals surface area contributed by atoms with Crippen LogP contribution in [0.25, 0.3) is 0 Å². The van der Waals surface area contributed by atoms with Crippen LogP contribution in [0.5, 0.6) is 0 Å². The van der Waals surface area contributed by atoms with E-state index in [-0.39, 0.29) is 0 Å². The van der Waals surface area contributed by atoms with Gasteiger partial charge in [-0.05, 0) is 18.9 Å². The Morgan fingerprint density at radius 2 is 1.33 bits per heavy atom. The summed E-state index contributed by atoms with van der Waals surface area (Å²) in [5.74, 6) is 0.903. The molecular formula is C11H27N. The fourth-order valence-corrected chi connectivity index (χ4v) is 1.49. The molecule has 0 aromatic heterocycles. The Morgan fingerprint density at radius 1 is 0.917 bits per heavy atom. The molecule has 0 fully saturated rings. The average molecular weight is 173 g/mol. The second-order valence-electron chi connectivity index (χ2n) is 3.02. The summed E-state index contributed by atoms with van der Waals surface area (Å²) in [6, 6.07) is 0. The van der Waals surface area contributed by atoms with Crippen LogP contribution in [0.4, 0.5) is 0 Å². The predicted molar refractivity (Wildman–Crippen MR) is 58.3 cm³/mol. The molecule has 0 aliphatic carbocycles. The minimum absolute atomic E-state index is 0.866. The van der Waals surface area contributed by atoms with Gasteiger partial charge in [-0.1, -0.05) is 53.4 Å². The average Bonchev–Trinajstić information content (AvgIpc) is 2.10. The maximum absolute atomic E-state index is 5.49. The SMILES string of the molecule is CC.CCCC(CCC)CCN. The zero-order valence-corrected chi connectivity index (χ0v) is 9.40. The molecule has 0 atom stereocenters. The van der Waals surface area contributed by atoms with Crippen molar-refractivity contribution in [2.24, 2.45) is 11.7 Å². The van der Waals surface area contributed by atoms with Gasteiger partial charge in [-0.2, -0.15) is 0 Å². The highest BCUT2D eigenvalue weighted by Gasteiger charge is 2.03. The first-order valence-corrected chi connectivity index (χ1v) is 5.55. The Kier molecular flexibility index (Phi) is 16.3. The van der Waals surface area contributed by atoms with Crippen molar-refractivity contribution in [2.75, 3.05) is 6.54 Å². The molecule has 0 aliphatic rings. The summed E-state index contributed by atoms with van der Waals surface area (Å²) in [4.78, 5) is 0. The molecule has 0 aromatic carbocycles. The summed E-state index contributed by atoms with van der Waals surface area (Å²) in [5.41, 5.74) is 5.49. The van der Waals surface area contributed by atoms with E-state index < -0.39 is 0 Å². The lowest BCUT2D eigenvalue weighted by atomic mass is 9.95. The summed E-state index contributed by atoms with van der Waals surface area (Å²) in [7, 11) is 0. The lowest BCUT2D eigenvalue weighted by molar-refractivity contribution is 0.417. The molecule has 0 rings (SSSR count). The maximum Gasteiger partial charge on any atom is -0.00746 e. The van der Waals surface area contributed by atoms with E-state index in [0.29, 0.717) is 0 Å². The second-order valence-corrected chi connectivity index (χ2v) is 3.02. The molecule has 0 saturated heterocycles. The quantitative estimate of drug-likeness (QED) is 0.653. The predicted octanol–water partition coefficient (Wildman–Crippen LogP) is 3.58. The first-order chi connectivity index (χ1) is 5.85. The van der Waals surface area contributed by atoms with Crippen molar-refractivity contribution in [3.8, 4) is 0 Å². The van der Waals surface area contributed by atoms with Gasteiger partial charge in [-0.25, -0.2) is 0 Å². The second kappa shape index (κ2) is 13.5. The molecule has 0 spiro atoms. The Morgan fingerprint density at radius 3 is 1.58 bits per heavy atom. The Hall–Kier alpha value is -0.0400. The number of rotatable bonds is 6. The fourth-order valence-electron chi connectivity index (χ4n) is 1.49. The summed E-state index contributed by atoms with van der Waals surface area (Å²) >= 11 is 0. The first kappa shape index (κ1) is 14.5. The van der Waals surface area contributed by atoms with Crippen molar-refractivity contribution >= 4 is 0 Å². The Labute approximate surface area is 78.7 Å².